The number of nitrogens with zero attached hydrogens (tertiary/aromatic N) is 6. The van der Waals surface area contributed by atoms with E-state index in [2.05, 4.69) is 28.3 Å². The molecule has 1 aromatic carbocycles. The van der Waals surface area contributed by atoms with Crippen molar-refractivity contribution in [2.24, 2.45) is 23.2 Å². The highest BCUT2D eigenvalue weighted by molar-refractivity contribution is 5.76. The van der Waals surface area contributed by atoms with E-state index in [9.17, 15) is 40.7 Å². The lowest BCUT2D eigenvalue weighted by atomic mass is 9.74. The molecular formula is C58H91N7O12. The smallest absolute Gasteiger partial charge is 0.311 e. The van der Waals surface area contributed by atoms with Gasteiger partial charge >= 0.3 is 5.97 Å². The van der Waals surface area contributed by atoms with Gasteiger partial charge in [-0.15, -0.1) is 5.10 Å². The molecule has 2 aromatic rings. The predicted molar refractivity (Wildman–Crippen MR) is 290 cm³/mol. The summed E-state index contributed by atoms with van der Waals surface area (Å²) in [6.45, 7) is 24.3. The number of carbonyl (C=O) groups excluding carboxylic acids is 1. The van der Waals surface area contributed by atoms with Gasteiger partial charge in [-0.3, -0.25) is 4.79 Å². The minimum atomic E-state index is -1.84. The summed E-state index contributed by atoms with van der Waals surface area (Å²) in [4.78, 5) is 18.5. The number of aliphatic hydroxyl groups excluding tert-OH is 4. The molecule has 0 amide bonds. The first-order valence-electron chi connectivity index (χ1n) is 27.8. The average molecular weight is 1080 g/mol. The van der Waals surface area contributed by atoms with Gasteiger partial charge in [-0.1, -0.05) is 76.8 Å². The maximum Gasteiger partial charge on any atom is 0.311 e. The van der Waals surface area contributed by atoms with E-state index in [4.69, 9.17) is 23.7 Å². The zero-order valence-corrected chi connectivity index (χ0v) is 47.8. The summed E-state index contributed by atoms with van der Waals surface area (Å²) in [5.74, 6) is -3.48. The van der Waals surface area contributed by atoms with Gasteiger partial charge in [-0.05, 0) is 110 Å². The van der Waals surface area contributed by atoms with E-state index in [0.717, 1.165) is 22.4 Å². The Kier molecular flexibility index (Phi) is 20.9. The van der Waals surface area contributed by atoms with Crippen LogP contribution >= 0.6 is 0 Å². The molecule has 0 radical (unpaired) electrons. The summed E-state index contributed by atoms with van der Waals surface area (Å²) in [6.07, 6.45) is -0.0891. The number of esters is 1. The molecule has 0 aliphatic carbocycles. The quantitative estimate of drug-likeness (QED) is 0.116. The van der Waals surface area contributed by atoms with Crippen molar-refractivity contribution in [3.8, 4) is 6.07 Å². The Morgan fingerprint density at radius 2 is 1.69 bits per heavy atom. The zero-order valence-electron chi connectivity index (χ0n) is 47.8. The van der Waals surface area contributed by atoms with Gasteiger partial charge in [-0.2, -0.15) is 5.26 Å². The Balaban J connectivity index is 1.25. The second kappa shape index (κ2) is 26.0. The summed E-state index contributed by atoms with van der Waals surface area (Å²) < 4.78 is 34.3. The normalized spacial score (nSPS) is 38.9. The van der Waals surface area contributed by atoms with Crippen molar-refractivity contribution in [2.75, 3.05) is 33.8 Å². The van der Waals surface area contributed by atoms with Crippen LogP contribution < -0.4 is 5.32 Å². The molecule has 5 heterocycles. The van der Waals surface area contributed by atoms with E-state index in [1.54, 1.807) is 40.8 Å². The highest BCUT2D eigenvalue weighted by atomic mass is 16.7. The molecule has 8 unspecified atom stereocenters. The number of nitriles is 1. The van der Waals surface area contributed by atoms with Crippen molar-refractivity contribution in [1.82, 2.24) is 30.1 Å². The van der Waals surface area contributed by atoms with Crippen molar-refractivity contribution in [3.05, 3.63) is 77.9 Å². The van der Waals surface area contributed by atoms with Gasteiger partial charge < -0.3 is 69.4 Å². The van der Waals surface area contributed by atoms with Crippen molar-refractivity contribution in [2.45, 2.75) is 211 Å². The van der Waals surface area contributed by atoms with Crippen molar-refractivity contribution >= 4 is 11.5 Å². The standard InChI is InChI=1S/C58H91N7O12/c1-15-47-58(12,72)51(68)38(8)64(14)30-33(3)26-57(11,71)53(36(6)50(37(7)54(70)75-47)76-48-27-56(10,16-2)52(69)39(9)74-48)77-55-49(67)45(25-35(5)73-55)63(13)24-23-43-31-65(62-61-43)46(32-66)44(28-59)41-21-19-40(20-22-41)42-18-17-34(4)60-29-42/h17-22,29,31,33,35-39,44-53,55,60,66-69,71-72H,4,15-16,23-27,30,32H2,1-3,5-14H3/t33-,35?,36+,37-,38?,39?,44?,45?,46?,47-,48+,49-,50+,51?,52+,53-,55?,56-,57-,58-/m1/s1. The van der Waals surface area contributed by atoms with Crippen LogP contribution in [0, 0.1) is 34.5 Å². The van der Waals surface area contributed by atoms with Crippen LogP contribution in [0.25, 0.3) is 5.57 Å². The lowest BCUT2D eigenvalue weighted by Gasteiger charge is -2.49. The fourth-order valence-corrected chi connectivity index (χ4v) is 12.2. The number of ether oxygens (including phenoxy) is 5. The number of hydrogen-bond donors (Lipinski definition) is 7. The summed E-state index contributed by atoms with van der Waals surface area (Å²) in [5, 5.41) is 93.0. The van der Waals surface area contributed by atoms with Crippen LogP contribution in [0.1, 0.15) is 137 Å². The first-order valence-corrected chi connectivity index (χ1v) is 27.8. The first-order chi connectivity index (χ1) is 36.2. The van der Waals surface area contributed by atoms with Crippen molar-refractivity contribution in [3.63, 3.8) is 0 Å². The molecule has 430 valence electrons. The van der Waals surface area contributed by atoms with E-state index >= 15 is 0 Å². The Morgan fingerprint density at radius 1 is 1.00 bits per heavy atom. The topological polar surface area (TPSA) is 258 Å². The third-order valence-corrected chi connectivity index (χ3v) is 17.4. The molecular weight excluding hydrogens is 987 g/mol. The summed E-state index contributed by atoms with van der Waals surface area (Å²) in [7, 11) is 3.73. The summed E-state index contributed by atoms with van der Waals surface area (Å²) in [5.41, 5.74) is 0.00536. The largest absolute Gasteiger partial charge is 0.459 e. The number of nitrogens with one attached hydrogen (secondary N) is 1. The van der Waals surface area contributed by atoms with Gasteiger partial charge in [0.2, 0.25) is 0 Å². The molecule has 4 aliphatic heterocycles. The molecule has 0 spiro atoms. The van der Waals surface area contributed by atoms with Gasteiger partial charge in [0.05, 0.1) is 72.4 Å². The molecule has 19 nitrogen and oxygen atoms in total. The predicted octanol–water partition coefficient (Wildman–Crippen LogP) is 4.97. The SMILES string of the molecule is C=C1C=CC(c2ccc(C(C#N)C(CO)n3cc(CCN(C)C4CC(C)OC(O[C@@H]5[C@@H](C)[C@H](O[C@H]6C[C@@](C)(CC)[C@@H](O)C(C)O6)[C@@H](C)C(=O)O[C@H](CC)[C@@](C)(O)C(O)C(C)N(C)C[C@H](C)C[C@@]5(C)O)[C@@H]4O)nn3)cc2)=CN1. The van der Waals surface area contributed by atoms with Crippen LogP contribution in [0.2, 0.25) is 0 Å². The van der Waals surface area contributed by atoms with Crippen molar-refractivity contribution in [1.29, 1.82) is 5.26 Å². The Bertz CT molecular complexity index is 2370. The van der Waals surface area contributed by atoms with Crippen LogP contribution in [0.15, 0.2) is 61.1 Å². The number of aromatic nitrogens is 3. The molecule has 20 atom stereocenters. The molecule has 3 saturated heterocycles. The molecule has 7 N–H and O–H groups in total. The van der Waals surface area contributed by atoms with Gasteiger partial charge in [0.1, 0.15) is 23.9 Å². The lowest BCUT2D eigenvalue weighted by Crippen LogP contribution is -2.60. The number of hydrogen-bond acceptors (Lipinski definition) is 18. The summed E-state index contributed by atoms with van der Waals surface area (Å²) >= 11 is 0. The molecule has 77 heavy (non-hydrogen) atoms. The third-order valence-electron chi connectivity index (χ3n) is 17.4. The second-order valence-electron chi connectivity index (χ2n) is 23.7. The number of cyclic esters (lactones) is 1. The number of dihydropyridines is 1. The van der Waals surface area contributed by atoms with E-state index in [1.807, 2.05) is 101 Å². The number of benzene rings is 1. The fourth-order valence-electron chi connectivity index (χ4n) is 12.2. The van der Waals surface area contributed by atoms with Gasteiger partial charge in [-0.25, -0.2) is 4.68 Å². The number of carbonyl (C=O) groups is 1. The lowest BCUT2D eigenvalue weighted by molar-refractivity contribution is -0.313. The van der Waals surface area contributed by atoms with E-state index < -0.39 is 120 Å². The third kappa shape index (κ3) is 14.3. The maximum absolute atomic E-state index is 14.6. The van der Waals surface area contributed by atoms with Crippen LogP contribution in [-0.2, 0) is 34.9 Å². The molecule has 0 bridgehead atoms. The minimum absolute atomic E-state index is 0.178. The Labute approximate surface area is 456 Å². The van der Waals surface area contributed by atoms with Crippen LogP contribution in [0.5, 0.6) is 0 Å². The summed E-state index contributed by atoms with van der Waals surface area (Å²) in [6, 6.07) is 8.22. The molecule has 19 heteroatoms. The molecule has 4 aliphatic rings. The van der Waals surface area contributed by atoms with Crippen LogP contribution in [-0.4, -0.2) is 180 Å². The molecule has 3 fully saturated rings. The highest BCUT2D eigenvalue weighted by Gasteiger charge is 2.52. The number of rotatable bonds is 15. The number of allylic oxidation sites excluding steroid dienone is 3. The van der Waals surface area contributed by atoms with E-state index in [-0.39, 0.29) is 25.4 Å². The monoisotopic (exact) mass is 1080 g/mol. The highest BCUT2D eigenvalue weighted by Crippen LogP contribution is 2.43. The first kappa shape index (κ1) is 62.1. The van der Waals surface area contributed by atoms with Gasteiger partial charge in [0.25, 0.3) is 0 Å². The van der Waals surface area contributed by atoms with Gasteiger partial charge in [0.15, 0.2) is 12.6 Å². The zero-order chi connectivity index (χ0) is 56.9. The second-order valence-corrected chi connectivity index (χ2v) is 23.7. The van der Waals surface area contributed by atoms with Gasteiger partial charge in [0, 0.05) is 67.4 Å². The van der Waals surface area contributed by atoms with E-state index in [0.29, 0.717) is 44.5 Å². The van der Waals surface area contributed by atoms with Crippen LogP contribution in [0.4, 0.5) is 0 Å². The van der Waals surface area contributed by atoms with Crippen molar-refractivity contribution < 1.29 is 59.1 Å². The average Bonchev–Trinajstić information content (AvgIpc) is 3.88. The van der Waals surface area contributed by atoms with Crippen LogP contribution in [0.3, 0.4) is 0 Å². The number of likely N-dealkylation sites (N-methyl/N-ethyl adjacent to an activating group) is 2. The molecule has 0 saturated carbocycles. The Morgan fingerprint density at radius 3 is 2.30 bits per heavy atom. The molecule has 6 rings (SSSR count). The molecule has 1 aromatic heterocycles. The maximum atomic E-state index is 14.6. The minimum Gasteiger partial charge on any atom is -0.459 e. The fraction of sp³-hybridized carbons (Fsp3) is 0.724. The van der Waals surface area contributed by atoms with E-state index in [1.165, 1.54) is 11.6 Å². The number of aliphatic hydroxyl groups is 6. The Hall–Kier alpha value is -4.14.